The van der Waals surface area contributed by atoms with E-state index in [9.17, 15) is 8.42 Å². The maximum absolute atomic E-state index is 11.4. The molecule has 5 heteroatoms. The van der Waals surface area contributed by atoms with E-state index in [1.54, 1.807) is 0 Å². The summed E-state index contributed by atoms with van der Waals surface area (Å²) in [6.45, 7) is 3.14. The Bertz CT molecular complexity index is 377. The maximum atomic E-state index is 11.4. The highest BCUT2D eigenvalue weighted by atomic mass is 32.2. The Hall–Kier alpha value is -0.130. The molecule has 4 atom stereocenters. The predicted octanol–water partition coefficient (Wildman–Crippen LogP) is 1.32. The lowest BCUT2D eigenvalue weighted by Crippen LogP contribution is -2.50. The van der Waals surface area contributed by atoms with E-state index in [1.807, 2.05) is 6.92 Å². The summed E-state index contributed by atoms with van der Waals surface area (Å²) in [5.74, 6) is 0.923. The second-order valence-corrected chi connectivity index (χ2v) is 8.60. The molecule has 1 aliphatic heterocycles. The number of hydrogen-bond acceptors (Lipinski definition) is 4. The van der Waals surface area contributed by atoms with Crippen LogP contribution in [0.2, 0.25) is 0 Å². The molecule has 0 spiro atoms. The van der Waals surface area contributed by atoms with Crippen LogP contribution < -0.4 is 10.6 Å². The highest BCUT2D eigenvalue weighted by molar-refractivity contribution is 7.90. The Morgan fingerprint density at radius 2 is 1.95 bits per heavy atom. The molecule has 0 radical (unpaired) electrons. The third kappa shape index (κ3) is 4.72. The fraction of sp³-hybridized carbons (Fsp3) is 1.00. The Kier molecular flexibility index (Phi) is 5.26. The van der Waals surface area contributed by atoms with Crippen LogP contribution in [0.1, 0.15) is 45.4 Å². The first-order valence-corrected chi connectivity index (χ1v) is 9.69. The van der Waals surface area contributed by atoms with Crippen molar-refractivity contribution in [2.45, 2.75) is 63.6 Å². The van der Waals surface area contributed by atoms with Crippen LogP contribution in [0.25, 0.3) is 0 Å². The summed E-state index contributed by atoms with van der Waals surface area (Å²) in [6, 6.07) is 1.19. The molecule has 0 amide bonds. The average molecular weight is 288 g/mol. The zero-order valence-corrected chi connectivity index (χ0v) is 13.0. The number of hydrogen-bond donors (Lipinski definition) is 2. The van der Waals surface area contributed by atoms with Gasteiger partial charge in [-0.25, -0.2) is 8.42 Å². The van der Waals surface area contributed by atoms with E-state index in [0.717, 1.165) is 6.54 Å². The Balaban J connectivity index is 1.91. The second kappa shape index (κ2) is 6.55. The lowest BCUT2D eigenvalue weighted by atomic mass is 9.79. The lowest BCUT2D eigenvalue weighted by Gasteiger charge is -2.38. The van der Waals surface area contributed by atoms with Gasteiger partial charge < -0.3 is 10.6 Å². The summed E-state index contributed by atoms with van der Waals surface area (Å²) >= 11 is 0. The molecule has 2 N–H and O–H groups in total. The topological polar surface area (TPSA) is 58.2 Å². The molecule has 1 aliphatic carbocycles. The molecule has 4 nitrogen and oxygen atoms in total. The predicted molar refractivity (Wildman–Crippen MR) is 79.1 cm³/mol. The van der Waals surface area contributed by atoms with Gasteiger partial charge in [0, 0.05) is 24.4 Å². The summed E-state index contributed by atoms with van der Waals surface area (Å²) in [6.07, 6.45) is 8.95. The molecule has 112 valence electrons. The number of sulfone groups is 1. The molecule has 1 saturated heterocycles. The van der Waals surface area contributed by atoms with Gasteiger partial charge in [-0.2, -0.15) is 0 Å². The van der Waals surface area contributed by atoms with E-state index < -0.39 is 9.84 Å². The van der Waals surface area contributed by atoms with Crippen LogP contribution in [0.5, 0.6) is 0 Å². The van der Waals surface area contributed by atoms with E-state index in [1.165, 1.54) is 44.8 Å². The van der Waals surface area contributed by atoms with Gasteiger partial charge in [-0.05, 0) is 45.1 Å². The molecule has 2 fully saturated rings. The van der Waals surface area contributed by atoms with E-state index in [0.29, 0.717) is 18.0 Å². The first kappa shape index (κ1) is 15.3. The number of rotatable bonds is 5. The summed E-state index contributed by atoms with van der Waals surface area (Å²) < 4.78 is 22.7. The minimum absolute atomic E-state index is 0.0574. The first-order valence-electron chi connectivity index (χ1n) is 7.63. The minimum Gasteiger partial charge on any atom is -0.314 e. The summed E-state index contributed by atoms with van der Waals surface area (Å²) in [7, 11) is -2.89. The smallest absolute Gasteiger partial charge is 0.148 e. The highest BCUT2D eigenvalue weighted by Gasteiger charge is 2.33. The Labute approximate surface area is 117 Å². The van der Waals surface area contributed by atoms with Gasteiger partial charge in [0.05, 0.1) is 5.75 Å². The van der Waals surface area contributed by atoms with Gasteiger partial charge in [0.25, 0.3) is 0 Å². The second-order valence-electron chi connectivity index (χ2n) is 6.42. The van der Waals surface area contributed by atoms with Crippen molar-refractivity contribution in [3.8, 4) is 0 Å². The van der Waals surface area contributed by atoms with Gasteiger partial charge in [-0.15, -0.1) is 0 Å². The summed E-state index contributed by atoms with van der Waals surface area (Å²) in [4.78, 5) is 0. The van der Waals surface area contributed by atoms with Crippen LogP contribution in [-0.2, 0) is 9.84 Å². The molecular formula is C14H28N2O2S. The van der Waals surface area contributed by atoms with Crippen molar-refractivity contribution in [3.63, 3.8) is 0 Å². The van der Waals surface area contributed by atoms with Gasteiger partial charge in [-0.1, -0.05) is 12.8 Å². The molecule has 0 bridgehead atoms. The largest absolute Gasteiger partial charge is 0.314 e. The van der Waals surface area contributed by atoms with Crippen LogP contribution in [0.4, 0.5) is 0 Å². The monoisotopic (exact) mass is 288 g/mol. The molecule has 19 heavy (non-hydrogen) atoms. The molecule has 1 saturated carbocycles. The third-order valence-electron chi connectivity index (χ3n) is 4.49. The molecule has 0 aromatic heterocycles. The van der Waals surface area contributed by atoms with Gasteiger partial charge in [-0.3, -0.25) is 0 Å². The van der Waals surface area contributed by atoms with Crippen molar-refractivity contribution in [2.75, 3.05) is 18.6 Å². The van der Waals surface area contributed by atoms with Gasteiger partial charge in [0.2, 0.25) is 0 Å². The standard InChI is InChI=1S/C14H28N2O2S/c1-11(10-19(2,17)18)16-14-7-4-3-6-12(14)13-8-5-9-15-13/h11-16H,3-10H2,1-2H3. The van der Waals surface area contributed by atoms with Crippen LogP contribution in [-0.4, -0.2) is 45.1 Å². The summed E-state index contributed by atoms with van der Waals surface area (Å²) in [5, 5.41) is 7.20. The quantitative estimate of drug-likeness (QED) is 0.801. The molecule has 4 unspecified atom stereocenters. The van der Waals surface area contributed by atoms with Crippen molar-refractivity contribution in [3.05, 3.63) is 0 Å². The fourth-order valence-electron chi connectivity index (χ4n) is 3.79. The van der Waals surface area contributed by atoms with Crippen LogP contribution >= 0.6 is 0 Å². The van der Waals surface area contributed by atoms with Crippen LogP contribution in [0, 0.1) is 5.92 Å². The molecule has 0 aromatic rings. The fourth-order valence-corrected chi connectivity index (χ4v) is 4.80. The van der Waals surface area contributed by atoms with E-state index in [4.69, 9.17) is 0 Å². The van der Waals surface area contributed by atoms with Crippen molar-refractivity contribution in [2.24, 2.45) is 5.92 Å². The first-order chi connectivity index (χ1) is 8.96. The molecule has 1 heterocycles. The van der Waals surface area contributed by atoms with E-state index in [-0.39, 0.29) is 11.8 Å². The molecular weight excluding hydrogens is 260 g/mol. The Morgan fingerprint density at radius 1 is 1.21 bits per heavy atom. The van der Waals surface area contributed by atoms with Gasteiger partial charge >= 0.3 is 0 Å². The van der Waals surface area contributed by atoms with Gasteiger partial charge in [0.15, 0.2) is 0 Å². The van der Waals surface area contributed by atoms with Crippen LogP contribution in [0.3, 0.4) is 0 Å². The van der Waals surface area contributed by atoms with Crippen molar-refractivity contribution >= 4 is 9.84 Å². The average Bonchev–Trinajstić information content (AvgIpc) is 2.80. The molecule has 0 aromatic carbocycles. The zero-order chi connectivity index (χ0) is 13.9. The molecule has 2 rings (SSSR count). The lowest BCUT2D eigenvalue weighted by molar-refractivity contribution is 0.206. The highest BCUT2D eigenvalue weighted by Crippen LogP contribution is 2.30. The summed E-state index contributed by atoms with van der Waals surface area (Å²) in [5.41, 5.74) is 0. The van der Waals surface area contributed by atoms with Crippen LogP contribution in [0.15, 0.2) is 0 Å². The zero-order valence-electron chi connectivity index (χ0n) is 12.2. The van der Waals surface area contributed by atoms with E-state index in [2.05, 4.69) is 10.6 Å². The minimum atomic E-state index is -2.89. The third-order valence-corrected chi connectivity index (χ3v) is 5.59. The van der Waals surface area contributed by atoms with Crippen molar-refractivity contribution < 1.29 is 8.42 Å². The molecule has 2 aliphatic rings. The van der Waals surface area contributed by atoms with Crippen molar-refractivity contribution in [1.82, 2.24) is 10.6 Å². The Morgan fingerprint density at radius 3 is 2.58 bits per heavy atom. The normalized spacial score (nSPS) is 34.3. The SMILES string of the molecule is CC(CS(C)(=O)=O)NC1CCCCC1C1CCCN1. The van der Waals surface area contributed by atoms with Crippen molar-refractivity contribution in [1.29, 1.82) is 0 Å². The van der Waals surface area contributed by atoms with Gasteiger partial charge in [0.1, 0.15) is 9.84 Å². The number of nitrogens with one attached hydrogen (secondary N) is 2. The maximum Gasteiger partial charge on any atom is 0.148 e. The van der Waals surface area contributed by atoms with E-state index >= 15 is 0 Å².